The number of piperidine rings is 1. The van der Waals surface area contributed by atoms with Crippen molar-refractivity contribution in [2.45, 2.75) is 44.3 Å². The van der Waals surface area contributed by atoms with Gasteiger partial charge in [-0.2, -0.15) is 0 Å². The molecule has 1 saturated heterocycles. The quantitative estimate of drug-likeness (QED) is 0.782. The number of benzene rings is 1. The van der Waals surface area contributed by atoms with E-state index in [9.17, 15) is 23.5 Å². The number of carboxylic acids is 1. The van der Waals surface area contributed by atoms with Gasteiger partial charge in [-0.15, -0.1) is 10.2 Å². The molecule has 2 fully saturated rings. The third-order valence-electron chi connectivity index (χ3n) is 5.57. The van der Waals surface area contributed by atoms with Crippen LogP contribution in [-0.4, -0.2) is 56.8 Å². The van der Waals surface area contributed by atoms with Gasteiger partial charge in [0.05, 0.1) is 11.5 Å². The van der Waals surface area contributed by atoms with E-state index in [1.54, 1.807) is 0 Å². The van der Waals surface area contributed by atoms with Gasteiger partial charge in [0.1, 0.15) is 11.6 Å². The Labute approximate surface area is 164 Å². The molecule has 29 heavy (non-hydrogen) atoms. The van der Waals surface area contributed by atoms with Gasteiger partial charge in [-0.3, -0.25) is 14.5 Å². The van der Waals surface area contributed by atoms with E-state index in [1.165, 1.54) is 0 Å². The minimum Gasteiger partial charge on any atom is -0.481 e. The third kappa shape index (κ3) is 3.84. The number of carboxylic acid groups (broad SMARTS) is 1. The van der Waals surface area contributed by atoms with Gasteiger partial charge < -0.3 is 14.8 Å². The van der Waals surface area contributed by atoms with Crippen LogP contribution < -0.4 is 5.32 Å². The van der Waals surface area contributed by atoms with Gasteiger partial charge in [0.15, 0.2) is 0 Å². The number of carbonyl (C=O) groups excluding carboxylic acids is 1. The molecular weight excluding hydrogens is 386 g/mol. The first-order chi connectivity index (χ1) is 13.8. The molecule has 154 valence electrons. The molecule has 1 aliphatic heterocycles. The molecule has 1 aromatic heterocycles. The SMILES string of the molecule is CC1[C@@H](C(=O)O)[C@@H](NC(=O)c2nnc(-c3ccc(F)cc3F)o2)CCN1C1CC1. The Balaban J connectivity index is 1.49. The molecule has 1 aromatic carbocycles. The molecule has 3 atom stereocenters. The summed E-state index contributed by atoms with van der Waals surface area (Å²) in [5.41, 5.74) is -0.132. The Hall–Kier alpha value is -2.88. The first-order valence-electron chi connectivity index (χ1n) is 9.43. The summed E-state index contributed by atoms with van der Waals surface area (Å²) in [5.74, 6) is -4.81. The van der Waals surface area contributed by atoms with Crippen molar-refractivity contribution in [1.29, 1.82) is 0 Å². The molecule has 8 nitrogen and oxygen atoms in total. The number of aliphatic carboxylic acids is 1. The molecule has 2 aromatic rings. The molecule has 4 rings (SSSR count). The van der Waals surface area contributed by atoms with E-state index in [0.717, 1.165) is 25.0 Å². The normalized spacial score (nSPS) is 25.0. The monoisotopic (exact) mass is 406 g/mol. The molecule has 2 N–H and O–H groups in total. The highest BCUT2D eigenvalue weighted by molar-refractivity contribution is 5.90. The van der Waals surface area contributed by atoms with E-state index in [4.69, 9.17) is 4.42 Å². The summed E-state index contributed by atoms with van der Waals surface area (Å²) in [6.45, 7) is 2.55. The average Bonchev–Trinajstić information content (AvgIpc) is 3.37. The lowest BCUT2D eigenvalue weighted by atomic mass is 9.85. The van der Waals surface area contributed by atoms with Crippen molar-refractivity contribution in [2.24, 2.45) is 5.92 Å². The average molecular weight is 406 g/mol. The van der Waals surface area contributed by atoms with Crippen LogP contribution >= 0.6 is 0 Å². The minimum atomic E-state index is -0.979. The number of aromatic nitrogens is 2. The number of nitrogens with one attached hydrogen (secondary N) is 1. The molecule has 1 amide bonds. The predicted molar refractivity (Wildman–Crippen MR) is 95.8 cm³/mol. The van der Waals surface area contributed by atoms with Crippen LogP contribution in [0, 0.1) is 17.6 Å². The summed E-state index contributed by atoms with van der Waals surface area (Å²) in [6, 6.07) is 2.46. The lowest BCUT2D eigenvalue weighted by Crippen LogP contribution is -2.58. The lowest BCUT2D eigenvalue weighted by Gasteiger charge is -2.42. The van der Waals surface area contributed by atoms with Crippen molar-refractivity contribution in [3.05, 3.63) is 35.7 Å². The minimum absolute atomic E-state index is 0.132. The van der Waals surface area contributed by atoms with E-state index in [0.29, 0.717) is 25.1 Å². The van der Waals surface area contributed by atoms with Gasteiger partial charge in [0, 0.05) is 30.7 Å². The zero-order chi connectivity index (χ0) is 20.7. The largest absolute Gasteiger partial charge is 0.481 e. The van der Waals surface area contributed by atoms with Crippen molar-refractivity contribution >= 4 is 11.9 Å². The van der Waals surface area contributed by atoms with E-state index < -0.39 is 41.4 Å². The molecular formula is C19H20F2N4O4. The fourth-order valence-electron chi connectivity index (χ4n) is 3.99. The second-order valence-corrected chi connectivity index (χ2v) is 7.48. The van der Waals surface area contributed by atoms with Gasteiger partial charge in [-0.05, 0) is 38.3 Å². The second kappa shape index (κ2) is 7.51. The number of rotatable bonds is 5. The number of likely N-dealkylation sites (tertiary alicyclic amines) is 1. The first kappa shape index (κ1) is 19.4. The molecule has 10 heteroatoms. The summed E-state index contributed by atoms with van der Waals surface area (Å²) in [4.78, 5) is 26.5. The zero-order valence-corrected chi connectivity index (χ0v) is 15.6. The predicted octanol–water partition coefficient (Wildman–Crippen LogP) is 2.07. The van der Waals surface area contributed by atoms with Crippen LogP contribution in [0.25, 0.3) is 11.5 Å². The van der Waals surface area contributed by atoms with Crippen LogP contribution in [0.5, 0.6) is 0 Å². The summed E-state index contributed by atoms with van der Waals surface area (Å²) in [7, 11) is 0. The van der Waals surface area contributed by atoms with Crippen molar-refractivity contribution in [3.63, 3.8) is 0 Å². The number of hydrogen-bond donors (Lipinski definition) is 2. The molecule has 1 saturated carbocycles. The fraction of sp³-hybridized carbons (Fsp3) is 0.474. The maximum Gasteiger partial charge on any atom is 0.310 e. The molecule has 2 aliphatic rings. The standard InChI is InChI=1S/C19H20F2N4O4/c1-9-15(19(27)28)14(6-7-25(9)11-3-4-11)22-16(26)18-24-23-17(29-18)12-5-2-10(20)8-13(12)21/h2,5,8-9,11,14-15H,3-4,6-7H2,1H3,(H,22,26)(H,27,28)/t9?,14-,15+/m0/s1. The highest BCUT2D eigenvalue weighted by atomic mass is 19.1. The molecule has 0 spiro atoms. The number of amides is 1. The van der Waals surface area contributed by atoms with Crippen LogP contribution in [-0.2, 0) is 4.79 Å². The van der Waals surface area contributed by atoms with Gasteiger partial charge in [0.25, 0.3) is 5.89 Å². The van der Waals surface area contributed by atoms with E-state index in [2.05, 4.69) is 20.4 Å². The van der Waals surface area contributed by atoms with E-state index in [1.807, 2.05) is 6.92 Å². The summed E-state index contributed by atoms with van der Waals surface area (Å²) >= 11 is 0. The molecule has 0 radical (unpaired) electrons. The lowest BCUT2D eigenvalue weighted by molar-refractivity contribution is -0.147. The van der Waals surface area contributed by atoms with E-state index in [-0.39, 0.29) is 17.5 Å². The number of carbonyl (C=O) groups is 2. The Bertz CT molecular complexity index is 946. The van der Waals surface area contributed by atoms with Gasteiger partial charge in [-0.25, -0.2) is 8.78 Å². The fourth-order valence-corrected chi connectivity index (χ4v) is 3.99. The van der Waals surface area contributed by atoms with Crippen LogP contribution in [0.3, 0.4) is 0 Å². The van der Waals surface area contributed by atoms with Gasteiger partial charge in [-0.1, -0.05) is 0 Å². The van der Waals surface area contributed by atoms with Gasteiger partial charge >= 0.3 is 17.8 Å². The van der Waals surface area contributed by atoms with Crippen molar-refractivity contribution in [2.75, 3.05) is 6.54 Å². The van der Waals surface area contributed by atoms with Crippen LogP contribution in [0.1, 0.15) is 36.9 Å². The smallest absolute Gasteiger partial charge is 0.310 e. The van der Waals surface area contributed by atoms with Crippen LogP contribution in [0.4, 0.5) is 8.78 Å². The maximum absolute atomic E-state index is 13.9. The Morgan fingerprint density at radius 1 is 1.24 bits per heavy atom. The maximum atomic E-state index is 13.9. The number of halogens is 2. The Kier molecular flexibility index (Phi) is 5.03. The second-order valence-electron chi connectivity index (χ2n) is 7.48. The highest BCUT2D eigenvalue weighted by Crippen LogP contribution is 2.35. The summed E-state index contributed by atoms with van der Waals surface area (Å²) in [5, 5.41) is 19.6. The Morgan fingerprint density at radius 3 is 2.66 bits per heavy atom. The zero-order valence-electron chi connectivity index (χ0n) is 15.6. The van der Waals surface area contributed by atoms with Crippen molar-refractivity contribution in [1.82, 2.24) is 20.4 Å². The Morgan fingerprint density at radius 2 is 2.00 bits per heavy atom. The first-order valence-corrected chi connectivity index (χ1v) is 9.43. The molecule has 1 unspecified atom stereocenters. The van der Waals surface area contributed by atoms with Crippen LogP contribution in [0.15, 0.2) is 22.6 Å². The topological polar surface area (TPSA) is 109 Å². The van der Waals surface area contributed by atoms with Crippen molar-refractivity contribution < 1.29 is 27.9 Å². The highest BCUT2D eigenvalue weighted by Gasteiger charge is 2.45. The molecule has 2 heterocycles. The third-order valence-corrected chi connectivity index (χ3v) is 5.57. The van der Waals surface area contributed by atoms with E-state index >= 15 is 0 Å². The van der Waals surface area contributed by atoms with Crippen molar-refractivity contribution in [3.8, 4) is 11.5 Å². The molecule has 1 aliphatic carbocycles. The number of nitrogens with zero attached hydrogens (tertiary/aromatic N) is 3. The van der Waals surface area contributed by atoms with Crippen LogP contribution in [0.2, 0.25) is 0 Å². The van der Waals surface area contributed by atoms with Gasteiger partial charge in [0.2, 0.25) is 0 Å². The summed E-state index contributed by atoms with van der Waals surface area (Å²) in [6.07, 6.45) is 2.62. The summed E-state index contributed by atoms with van der Waals surface area (Å²) < 4.78 is 32.2. The molecule has 0 bridgehead atoms. The number of hydrogen-bond acceptors (Lipinski definition) is 6.